The van der Waals surface area contributed by atoms with E-state index in [0.29, 0.717) is 17.2 Å². The second kappa shape index (κ2) is 9.43. The summed E-state index contributed by atoms with van der Waals surface area (Å²) in [5.41, 5.74) is 1.09. The molecule has 0 heterocycles. The molecule has 1 aromatic rings. The van der Waals surface area contributed by atoms with Gasteiger partial charge in [0.25, 0.3) is 0 Å². The Balaban J connectivity index is 2.75. The molecule has 0 aliphatic carbocycles. The molecule has 0 spiro atoms. The number of terminal acetylenes is 1. The van der Waals surface area contributed by atoms with Crippen LogP contribution in [0.25, 0.3) is 0 Å². The number of thioether (sulfide) groups is 1. The van der Waals surface area contributed by atoms with Crippen LogP contribution in [-0.4, -0.2) is 39.4 Å². The third-order valence-electron chi connectivity index (χ3n) is 3.07. The van der Waals surface area contributed by atoms with Gasteiger partial charge >= 0.3 is 0 Å². The molecule has 4 nitrogen and oxygen atoms in total. The molecular weight excluding hydrogens is 286 g/mol. The van der Waals surface area contributed by atoms with Gasteiger partial charge in [-0.25, -0.2) is 0 Å². The molecule has 0 saturated heterocycles. The first-order valence-electron chi connectivity index (χ1n) is 6.72. The number of hydrogen-bond acceptors (Lipinski definition) is 5. The highest BCUT2D eigenvalue weighted by Crippen LogP contribution is 2.39. The van der Waals surface area contributed by atoms with Crippen LogP contribution in [0.15, 0.2) is 12.1 Å². The number of methoxy groups -OCH3 is 3. The maximum atomic E-state index is 5.37. The fourth-order valence-electron chi connectivity index (χ4n) is 1.95. The SMILES string of the molecule is C#CCSCCNC(C)c1cc(OC)c(OC)c(OC)c1. The van der Waals surface area contributed by atoms with E-state index in [4.69, 9.17) is 20.6 Å². The van der Waals surface area contributed by atoms with Crippen LogP contribution in [0.3, 0.4) is 0 Å². The minimum atomic E-state index is 0.185. The average Bonchev–Trinajstić information content (AvgIpc) is 2.52. The van der Waals surface area contributed by atoms with Crippen LogP contribution >= 0.6 is 11.8 Å². The zero-order valence-electron chi connectivity index (χ0n) is 13.1. The van der Waals surface area contributed by atoms with Crippen LogP contribution in [0.5, 0.6) is 17.2 Å². The van der Waals surface area contributed by atoms with Crippen molar-refractivity contribution in [2.75, 3.05) is 39.4 Å². The Morgan fingerprint density at radius 1 is 1.19 bits per heavy atom. The fraction of sp³-hybridized carbons (Fsp3) is 0.500. The van der Waals surface area contributed by atoms with Crippen LogP contribution in [0, 0.1) is 12.3 Å². The molecule has 1 rings (SSSR count). The van der Waals surface area contributed by atoms with E-state index in [1.807, 2.05) is 12.1 Å². The monoisotopic (exact) mass is 309 g/mol. The van der Waals surface area contributed by atoms with Gasteiger partial charge in [0.05, 0.1) is 27.1 Å². The van der Waals surface area contributed by atoms with Gasteiger partial charge in [-0.1, -0.05) is 5.92 Å². The number of hydrogen-bond donors (Lipinski definition) is 1. The molecule has 0 saturated carbocycles. The Kier molecular flexibility index (Phi) is 7.88. The normalized spacial score (nSPS) is 11.6. The molecule has 0 amide bonds. The van der Waals surface area contributed by atoms with Gasteiger partial charge in [-0.2, -0.15) is 0 Å². The summed E-state index contributed by atoms with van der Waals surface area (Å²) in [4.78, 5) is 0. The summed E-state index contributed by atoms with van der Waals surface area (Å²) >= 11 is 1.74. The standard InChI is InChI=1S/C16H23NO3S/c1-6-8-21-9-7-17-12(2)13-10-14(18-3)16(20-5)15(11-13)19-4/h1,10-12,17H,7-9H2,2-5H3. The van der Waals surface area contributed by atoms with Gasteiger partial charge in [0, 0.05) is 18.3 Å². The Hall–Kier alpha value is -1.51. The third kappa shape index (κ3) is 5.07. The number of benzene rings is 1. The van der Waals surface area contributed by atoms with Crippen molar-refractivity contribution in [1.82, 2.24) is 5.32 Å². The van der Waals surface area contributed by atoms with Gasteiger partial charge in [-0.15, -0.1) is 18.2 Å². The van der Waals surface area contributed by atoms with E-state index in [9.17, 15) is 0 Å². The second-order valence-corrected chi connectivity index (χ2v) is 5.50. The molecule has 0 aliphatic heterocycles. The highest BCUT2D eigenvalue weighted by Gasteiger charge is 2.15. The van der Waals surface area contributed by atoms with E-state index in [2.05, 4.69) is 18.2 Å². The Bertz CT molecular complexity index is 460. The smallest absolute Gasteiger partial charge is 0.203 e. The molecule has 0 aliphatic rings. The minimum Gasteiger partial charge on any atom is -0.493 e. The minimum absolute atomic E-state index is 0.185. The lowest BCUT2D eigenvalue weighted by molar-refractivity contribution is 0.323. The van der Waals surface area contributed by atoms with Gasteiger partial charge in [0.2, 0.25) is 5.75 Å². The number of ether oxygens (including phenoxy) is 3. The largest absolute Gasteiger partial charge is 0.493 e. The molecule has 1 atom stereocenters. The molecular formula is C16H23NO3S. The van der Waals surface area contributed by atoms with Gasteiger partial charge in [0.15, 0.2) is 11.5 Å². The third-order valence-corrected chi connectivity index (χ3v) is 3.93. The highest BCUT2D eigenvalue weighted by atomic mass is 32.2. The molecule has 1 N–H and O–H groups in total. The summed E-state index contributed by atoms with van der Waals surface area (Å²) in [7, 11) is 4.84. The van der Waals surface area contributed by atoms with Crippen molar-refractivity contribution in [1.29, 1.82) is 0 Å². The molecule has 0 bridgehead atoms. The van der Waals surface area contributed by atoms with Crippen LogP contribution in [0.1, 0.15) is 18.5 Å². The lowest BCUT2D eigenvalue weighted by Crippen LogP contribution is -2.21. The lowest BCUT2D eigenvalue weighted by Gasteiger charge is -2.18. The van der Waals surface area contributed by atoms with Crippen molar-refractivity contribution >= 4 is 11.8 Å². The van der Waals surface area contributed by atoms with E-state index in [1.54, 1.807) is 33.1 Å². The summed E-state index contributed by atoms with van der Waals surface area (Å²) in [6.45, 7) is 3.00. The highest BCUT2D eigenvalue weighted by molar-refractivity contribution is 7.99. The summed E-state index contributed by atoms with van der Waals surface area (Å²) in [6, 6.07) is 4.12. The van der Waals surface area contributed by atoms with E-state index in [0.717, 1.165) is 23.6 Å². The van der Waals surface area contributed by atoms with E-state index in [1.165, 1.54) is 0 Å². The van der Waals surface area contributed by atoms with Crippen molar-refractivity contribution in [2.24, 2.45) is 0 Å². The molecule has 0 radical (unpaired) electrons. The fourth-order valence-corrected chi connectivity index (χ4v) is 2.47. The van der Waals surface area contributed by atoms with Crippen LogP contribution < -0.4 is 19.5 Å². The molecule has 0 fully saturated rings. The van der Waals surface area contributed by atoms with Crippen molar-refractivity contribution in [3.05, 3.63) is 17.7 Å². The predicted molar refractivity (Wildman–Crippen MR) is 88.7 cm³/mol. The number of rotatable bonds is 9. The van der Waals surface area contributed by atoms with Gasteiger partial charge in [0.1, 0.15) is 0 Å². The summed E-state index contributed by atoms with van der Waals surface area (Å²) < 4.78 is 16.1. The topological polar surface area (TPSA) is 39.7 Å². The molecule has 1 aromatic carbocycles. The first-order chi connectivity index (χ1) is 10.2. The Morgan fingerprint density at radius 3 is 2.29 bits per heavy atom. The quantitative estimate of drug-likeness (QED) is 0.561. The molecule has 0 aromatic heterocycles. The van der Waals surface area contributed by atoms with Crippen molar-refractivity contribution in [3.8, 4) is 29.6 Å². The number of nitrogens with one attached hydrogen (secondary N) is 1. The van der Waals surface area contributed by atoms with E-state index >= 15 is 0 Å². The molecule has 21 heavy (non-hydrogen) atoms. The summed E-state index contributed by atoms with van der Waals surface area (Å²) in [6.07, 6.45) is 5.22. The van der Waals surface area contributed by atoms with Crippen LogP contribution in [-0.2, 0) is 0 Å². The molecule has 116 valence electrons. The Labute approximate surface area is 131 Å². The zero-order valence-corrected chi connectivity index (χ0v) is 13.9. The van der Waals surface area contributed by atoms with Crippen molar-refractivity contribution < 1.29 is 14.2 Å². The van der Waals surface area contributed by atoms with Gasteiger partial charge < -0.3 is 19.5 Å². The molecule has 5 heteroatoms. The van der Waals surface area contributed by atoms with E-state index in [-0.39, 0.29) is 6.04 Å². The summed E-state index contributed by atoms with van der Waals surface area (Å²) in [5.74, 6) is 6.30. The van der Waals surface area contributed by atoms with Crippen LogP contribution in [0.4, 0.5) is 0 Å². The second-order valence-electron chi connectivity index (χ2n) is 4.39. The molecule has 1 unspecified atom stereocenters. The average molecular weight is 309 g/mol. The summed E-state index contributed by atoms with van der Waals surface area (Å²) in [5, 5.41) is 3.46. The van der Waals surface area contributed by atoms with Crippen molar-refractivity contribution in [2.45, 2.75) is 13.0 Å². The first kappa shape index (κ1) is 17.5. The zero-order chi connectivity index (χ0) is 15.7. The van der Waals surface area contributed by atoms with Crippen LogP contribution in [0.2, 0.25) is 0 Å². The predicted octanol–water partition coefficient (Wildman–Crippen LogP) is 2.73. The maximum Gasteiger partial charge on any atom is 0.203 e. The first-order valence-corrected chi connectivity index (χ1v) is 7.87. The lowest BCUT2D eigenvalue weighted by atomic mass is 10.1. The van der Waals surface area contributed by atoms with E-state index < -0.39 is 0 Å². The van der Waals surface area contributed by atoms with Crippen molar-refractivity contribution in [3.63, 3.8) is 0 Å². The Morgan fingerprint density at radius 2 is 1.81 bits per heavy atom. The maximum absolute atomic E-state index is 5.37. The van der Waals surface area contributed by atoms with Gasteiger partial charge in [-0.05, 0) is 24.6 Å². The van der Waals surface area contributed by atoms with Gasteiger partial charge in [-0.3, -0.25) is 0 Å².